The summed E-state index contributed by atoms with van der Waals surface area (Å²) in [6.45, 7) is 0. The van der Waals surface area contributed by atoms with Gasteiger partial charge in [-0.25, -0.2) is 0 Å². The molecule has 0 aliphatic heterocycles. The van der Waals surface area contributed by atoms with Crippen LogP contribution in [0.3, 0.4) is 0 Å². The maximum atomic E-state index is 11.7. The van der Waals surface area contributed by atoms with Gasteiger partial charge in [0.05, 0.1) is 14.2 Å². The number of hydrogen-bond donors (Lipinski definition) is 0. The third-order valence-corrected chi connectivity index (χ3v) is 4.17. The van der Waals surface area contributed by atoms with Gasteiger partial charge in [-0.1, -0.05) is 78.6 Å². The zero-order chi connectivity index (χ0) is 20.9. The first-order chi connectivity index (χ1) is 14.2. The van der Waals surface area contributed by atoms with E-state index in [1.807, 2.05) is 72.8 Å². The van der Waals surface area contributed by atoms with Crippen molar-refractivity contribution in [3.8, 4) is 11.8 Å². The Labute approximate surface area is 171 Å². The zero-order valence-corrected chi connectivity index (χ0v) is 16.6. The molecule has 2 aromatic rings. The fourth-order valence-electron chi connectivity index (χ4n) is 2.61. The second-order valence-corrected chi connectivity index (χ2v) is 6.14. The van der Waals surface area contributed by atoms with Gasteiger partial charge in [0.2, 0.25) is 0 Å². The predicted molar refractivity (Wildman–Crippen MR) is 114 cm³/mol. The molecule has 0 aliphatic carbocycles. The van der Waals surface area contributed by atoms with Crippen molar-refractivity contribution in [1.82, 2.24) is 0 Å². The SMILES string of the molecule is COC(=O)C(C/C=C/C/C=C(\C#Cc1ccccc1)c1ccccc1)C(=O)OC. The van der Waals surface area contributed by atoms with Gasteiger partial charge < -0.3 is 9.47 Å². The molecule has 0 N–H and O–H groups in total. The van der Waals surface area contributed by atoms with Crippen LogP contribution in [0.1, 0.15) is 24.0 Å². The van der Waals surface area contributed by atoms with Gasteiger partial charge in [0, 0.05) is 11.1 Å². The van der Waals surface area contributed by atoms with Gasteiger partial charge in [-0.3, -0.25) is 9.59 Å². The van der Waals surface area contributed by atoms with Crippen LogP contribution in [0.25, 0.3) is 5.57 Å². The van der Waals surface area contributed by atoms with Gasteiger partial charge in [-0.15, -0.1) is 0 Å². The lowest BCUT2D eigenvalue weighted by molar-refractivity contribution is -0.158. The third kappa shape index (κ3) is 7.15. The molecule has 0 amide bonds. The second-order valence-electron chi connectivity index (χ2n) is 6.14. The summed E-state index contributed by atoms with van der Waals surface area (Å²) in [7, 11) is 2.50. The Morgan fingerprint density at radius 2 is 1.48 bits per heavy atom. The van der Waals surface area contributed by atoms with Gasteiger partial charge in [0.1, 0.15) is 0 Å². The maximum absolute atomic E-state index is 11.7. The molecule has 2 rings (SSSR count). The molecule has 0 fully saturated rings. The van der Waals surface area contributed by atoms with Crippen LogP contribution in [0.15, 0.2) is 78.9 Å². The van der Waals surface area contributed by atoms with E-state index < -0.39 is 17.9 Å². The van der Waals surface area contributed by atoms with Crippen LogP contribution in [0.2, 0.25) is 0 Å². The molecule has 4 nitrogen and oxygen atoms in total. The molecule has 0 unspecified atom stereocenters. The van der Waals surface area contributed by atoms with Crippen LogP contribution in [0.4, 0.5) is 0 Å². The molecule has 4 heteroatoms. The van der Waals surface area contributed by atoms with E-state index in [1.165, 1.54) is 14.2 Å². The molecule has 0 saturated heterocycles. The monoisotopic (exact) mass is 388 g/mol. The smallest absolute Gasteiger partial charge is 0.320 e. The van der Waals surface area contributed by atoms with Crippen molar-refractivity contribution >= 4 is 17.5 Å². The van der Waals surface area contributed by atoms with Crippen molar-refractivity contribution in [2.75, 3.05) is 14.2 Å². The zero-order valence-electron chi connectivity index (χ0n) is 16.6. The normalized spacial score (nSPS) is 11.1. The number of allylic oxidation sites excluding steroid dienone is 4. The van der Waals surface area contributed by atoms with Crippen molar-refractivity contribution in [1.29, 1.82) is 0 Å². The molecular formula is C25H24O4. The number of rotatable bonds is 7. The van der Waals surface area contributed by atoms with Gasteiger partial charge in [-0.2, -0.15) is 0 Å². The molecule has 0 bridgehead atoms. The Morgan fingerprint density at radius 3 is 2.07 bits per heavy atom. The minimum atomic E-state index is -0.948. The lowest BCUT2D eigenvalue weighted by atomic mass is 10.0. The molecule has 0 atom stereocenters. The number of esters is 2. The highest BCUT2D eigenvalue weighted by Gasteiger charge is 2.26. The van der Waals surface area contributed by atoms with Crippen LogP contribution >= 0.6 is 0 Å². The number of benzene rings is 2. The first-order valence-corrected chi connectivity index (χ1v) is 9.29. The minimum absolute atomic E-state index is 0.226. The van der Waals surface area contributed by atoms with Crippen molar-refractivity contribution in [2.45, 2.75) is 12.8 Å². The maximum Gasteiger partial charge on any atom is 0.320 e. The first-order valence-electron chi connectivity index (χ1n) is 9.29. The van der Waals surface area contributed by atoms with Crippen LogP contribution in [0.5, 0.6) is 0 Å². The van der Waals surface area contributed by atoms with Crippen LogP contribution in [-0.2, 0) is 19.1 Å². The summed E-state index contributed by atoms with van der Waals surface area (Å²) in [6.07, 6.45) is 6.54. The van der Waals surface area contributed by atoms with E-state index in [0.29, 0.717) is 6.42 Å². The van der Waals surface area contributed by atoms with Crippen LogP contribution in [-0.4, -0.2) is 26.2 Å². The van der Waals surface area contributed by atoms with E-state index in [2.05, 4.69) is 21.3 Å². The molecule has 0 aromatic heterocycles. The summed E-state index contributed by atoms with van der Waals surface area (Å²) in [5, 5.41) is 0. The Kier molecular flexibility index (Phi) is 8.98. The molecule has 2 aromatic carbocycles. The molecule has 0 radical (unpaired) electrons. The highest BCUT2D eigenvalue weighted by Crippen LogP contribution is 2.15. The Balaban J connectivity index is 2.11. The fourth-order valence-corrected chi connectivity index (χ4v) is 2.61. The Morgan fingerprint density at radius 1 is 0.897 bits per heavy atom. The Bertz CT molecular complexity index is 900. The summed E-state index contributed by atoms with van der Waals surface area (Å²) in [5.74, 6) is 4.27. The van der Waals surface area contributed by atoms with E-state index in [0.717, 1.165) is 16.7 Å². The number of carbonyl (C=O) groups is 2. The summed E-state index contributed by atoms with van der Waals surface area (Å²) >= 11 is 0. The topological polar surface area (TPSA) is 52.6 Å². The number of hydrogen-bond acceptors (Lipinski definition) is 4. The number of carbonyl (C=O) groups excluding carboxylic acids is 2. The predicted octanol–water partition coefficient (Wildman–Crippen LogP) is 4.42. The molecular weight excluding hydrogens is 364 g/mol. The molecule has 0 heterocycles. The fraction of sp³-hybridized carbons (Fsp3) is 0.200. The van der Waals surface area contributed by atoms with Gasteiger partial charge in [0.25, 0.3) is 0 Å². The molecule has 148 valence electrons. The van der Waals surface area contributed by atoms with Crippen molar-refractivity contribution in [3.63, 3.8) is 0 Å². The molecule has 29 heavy (non-hydrogen) atoms. The van der Waals surface area contributed by atoms with E-state index in [9.17, 15) is 9.59 Å². The van der Waals surface area contributed by atoms with Crippen molar-refractivity contribution in [2.24, 2.45) is 5.92 Å². The van der Waals surface area contributed by atoms with E-state index in [1.54, 1.807) is 6.08 Å². The lowest BCUT2D eigenvalue weighted by Gasteiger charge is -2.09. The Hall–Kier alpha value is -3.58. The first kappa shape index (κ1) is 21.7. The quantitative estimate of drug-likeness (QED) is 0.305. The summed E-state index contributed by atoms with van der Waals surface area (Å²) in [5.41, 5.74) is 2.90. The van der Waals surface area contributed by atoms with E-state index in [4.69, 9.17) is 0 Å². The highest BCUT2D eigenvalue weighted by atomic mass is 16.5. The summed E-state index contributed by atoms with van der Waals surface area (Å²) in [6, 6.07) is 19.7. The molecule has 0 spiro atoms. The summed E-state index contributed by atoms with van der Waals surface area (Å²) < 4.78 is 9.32. The standard InChI is InChI=1S/C25H24O4/c1-28-24(26)23(25(27)29-2)17-11-5-10-16-22(21-14-8-4-9-15-21)19-18-20-12-6-3-7-13-20/h3-9,11-16,23H,10,17H2,1-2H3/b11-5+,22-16+. The van der Waals surface area contributed by atoms with Crippen molar-refractivity contribution < 1.29 is 19.1 Å². The van der Waals surface area contributed by atoms with Gasteiger partial charge >= 0.3 is 11.9 Å². The second kappa shape index (κ2) is 12.0. The average molecular weight is 388 g/mol. The van der Waals surface area contributed by atoms with Crippen LogP contribution < -0.4 is 0 Å². The number of ether oxygens (including phenoxy) is 2. The molecule has 0 saturated carbocycles. The largest absolute Gasteiger partial charge is 0.468 e. The van der Waals surface area contributed by atoms with Crippen LogP contribution in [0, 0.1) is 17.8 Å². The average Bonchev–Trinajstić information content (AvgIpc) is 2.78. The highest BCUT2D eigenvalue weighted by molar-refractivity contribution is 5.94. The van der Waals surface area contributed by atoms with E-state index >= 15 is 0 Å². The molecule has 0 aliphatic rings. The van der Waals surface area contributed by atoms with E-state index in [-0.39, 0.29) is 6.42 Å². The minimum Gasteiger partial charge on any atom is -0.468 e. The third-order valence-electron chi connectivity index (χ3n) is 4.17. The lowest BCUT2D eigenvalue weighted by Crippen LogP contribution is -2.25. The van der Waals surface area contributed by atoms with Gasteiger partial charge in [-0.05, 0) is 30.5 Å². The summed E-state index contributed by atoms with van der Waals surface area (Å²) in [4.78, 5) is 23.4. The van der Waals surface area contributed by atoms with Crippen molar-refractivity contribution in [3.05, 3.63) is 90.0 Å². The van der Waals surface area contributed by atoms with Gasteiger partial charge in [0.15, 0.2) is 5.92 Å². The number of methoxy groups -OCH3 is 2.